The summed E-state index contributed by atoms with van der Waals surface area (Å²) in [6.45, 7) is 9.92. The van der Waals surface area contributed by atoms with Gasteiger partial charge in [0.25, 0.3) is 0 Å². The normalized spacial score (nSPS) is 10.6. The summed E-state index contributed by atoms with van der Waals surface area (Å²) in [5, 5.41) is 3.41. The maximum atomic E-state index is 5.19. The molecule has 0 saturated carbocycles. The number of methoxy groups -OCH3 is 1. The van der Waals surface area contributed by atoms with Gasteiger partial charge in [0.05, 0.1) is 6.61 Å². The maximum absolute atomic E-state index is 5.19. The van der Waals surface area contributed by atoms with Crippen molar-refractivity contribution >= 4 is 11.6 Å². The van der Waals surface area contributed by atoms with E-state index in [0.717, 1.165) is 50.5 Å². The summed E-state index contributed by atoms with van der Waals surface area (Å²) >= 11 is 0. The summed E-state index contributed by atoms with van der Waals surface area (Å²) in [6, 6.07) is 0. The van der Waals surface area contributed by atoms with Crippen LogP contribution < -0.4 is 10.2 Å². The Morgan fingerprint density at radius 2 is 2.00 bits per heavy atom. The van der Waals surface area contributed by atoms with Gasteiger partial charge in [0.15, 0.2) is 0 Å². The zero-order valence-corrected chi connectivity index (χ0v) is 13.3. The van der Waals surface area contributed by atoms with E-state index in [1.165, 1.54) is 5.56 Å². The van der Waals surface area contributed by atoms with Crippen molar-refractivity contribution in [1.29, 1.82) is 0 Å². The third-order valence-corrected chi connectivity index (χ3v) is 3.21. The van der Waals surface area contributed by atoms with E-state index in [1.807, 2.05) is 0 Å². The zero-order chi connectivity index (χ0) is 14.8. The lowest BCUT2D eigenvalue weighted by Gasteiger charge is -2.25. The summed E-state index contributed by atoms with van der Waals surface area (Å²) < 4.78 is 5.19. The van der Waals surface area contributed by atoms with Crippen LogP contribution in [0, 0.1) is 0 Å². The Bertz CT molecular complexity index is 384. The second-order valence-electron chi connectivity index (χ2n) is 4.77. The van der Waals surface area contributed by atoms with Crippen LogP contribution in [0.15, 0.2) is 6.33 Å². The summed E-state index contributed by atoms with van der Waals surface area (Å²) in [5.74, 6) is 2.02. The van der Waals surface area contributed by atoms with Gasteiger partial charge in [-0.3, -0.25) is 0 Å². The average Bonchev–Trinajstić information content (AvgIpc) is 2.48. The van der Waals surface area contributed by atoms with Crippen molar-refractivity contribution < 1.29 is 4.74 Å². The van der Waals surface area contributed by atoms with E-state index in [0.29, 0.717) is 6.61 Å². The van der Waals surface area contributed by atoms with Crippen LogP contribution in [0.1, 0.15) is 39.2 Å². The topological polar surface area (TPSA) is 50.3 Å². The molecule has 0 saturated heterocycles. The second-order valence-corrected chi connectivity index (χ2v) is 4.77. The molecule has 0 atom stereocenters. The first-order valence-electron chi connectivity index (χ1n) is 7.60. The molecule has 1 aromatic rings. The molecule has 1 heterocycles. The number of anilines is 2. The summed E-state index contributed by atoms with van der Waals surface area (Å²) in [6.07, 6.45) is 4.82. The van der Waals surface area contributed by atoms with Gasteiger partial charge in [0.2, 0.25) is 0 Å². The molecule has 0 amide bonds. The molecule has 5 nitrogen and oxygen atoms in total. The van der Waals surface area contributed by atoms with E-state index in [9.17, 15) is 0 Å². The SMILES string of the molecule is CCCNc1ncnc(N(CC)CCOC)c1CCC. The molecule has 5 heteroatoms. The molecule has 0 aliphatic rings. The van der Waals surface area contributed by atoms with E-state index in [1.54, 1.807) is 13.4 Å². The van der Waals surface area contributed by atoms with E-state index >= 15 is 0 Å². The maximum Gasteiger partial charge on any atom is 0.137 e. The van der Waals surface area contributed by atoms with E-state index in [-0.39, 0.29) is 0 Å². The van der Waals surface area contributed by atoms with Crippen LogP contribution in [-0.2, 0) is 11.2 Å². The zero-order valence-electron chi connectivity index (χ0n) is 13.3. The molecule has 20 heavy (non-hydrogen) atoms. The number of hydrogen-bond acceptors (Lipinski definition) is 5. The van der Waals surface area contributed by atoms with Gasteiger partial charge in [-0.2, -0.15) is 0 Å². The highest BCUT2D eigenvalue weighted by molar-refractivity contribution is 5.58. The van der Waals surface area contributed by atoms with Crippen molar-refractivity contribution in [2.45, 2.75) is 40.0 Å². The molecule has 0 aromatic carbocycles. The molecule has 114 valence electrons. The van der Waals surface area contributed by atoms with Crippen molar-refractivity contribution in [3.63, 3.8) is 0 Å². The monoisotopic (exact) mass is 280 g/mol. The molecule has 1 rings (SSSR count). The second kappa shape index (κ2) is 9.53. The van der Waals surface area contributed by atoms with Crippen LogP contribution in [0.4, 0.5) is 11.6 Å². The number of nitrogens with one attached hydrogen (secondary N) is 1. The number of rotatable bonds is 10. The van der Waals surface area contributed by atoms with Crippen LogP contribution in [0.3, 0.4) is 0 Å². The Hall–Kier alpha value is -1.36. The lowest BCUT2D eigenvalue weighted by Crippen LogP contribution is -2.29. The summed E-state index contributed by atoms with van der Waals surface area (Å²) in [5.41, 5.74) is 1.22. The van der Waals surface area contributed by atoms with Crippen molar-refractivity contribution in [1.82, 2.24) is 9.97 Å². The molecule has 0 bridgehead atoms. The summed E-state index contributed by atoms with van der Waals surface area (Å²) in [7, 11) is 1.73. The molecule has 1 N–H and O–H groups in total. The standard InChI is InChI=1S/C15H28N4O/c1-5-8-13-14(16-9-6-2)17-12-18-15(13)19(7-3)10-11-20-4/h12H,5-11H2,1-4H3,(H,16,17,18). The van der Waals surface area contributed by atoms with Crippen LogP contribution in [-0.4, -0.2) is 43.3 Å². The highest BCUT2D eigenvalue weighted by atomic mass is 16.5. The highest BCUT2D eigenvalue weighted by Gasteiger charge is 2.15. The van der Waals surface area contributed by atoms with Crippen molar-refractivity contribution in [2.75, 3.05) is 43.6 Å². The van der Waals surface area contributed by atoms with Crippen molar-refractivity contribution in [2.24, 2.45) is 0 Å². The van der Waals surface area contributed by atoms with Crippen LogP contribution >= 0.6 is 0 Å². The lowest BCUT2D eigenvalue weighted by molar-refractivity contribution is 0.205. The molecule has 0 radical (unpaired) electrons. The number of likely N-dealkylation sites (N-methyl/N-ethyl adjacent to an activating group) is 1. The van der Waals surface area contributed by atoms with Crippen molar-refractivity contribution in [3.8, 4) is 0 Å². The van der Waals surface area contributed by atoms with E-state index in [2.05, 4.69) is 41.0 Å². The first-order valence-corrected chi connectivity index (χ1v) is 7.60. The van der Waals surface area contributed by atoms with Gasteiger partial charge in [-0.25, -0.2) is 9.97 Å². The van der Waals surface area contributed by atoms with E-state index in [4.69, 9.17) is 4.74 Å². The van der Waals surface area contributed by atoms with Crippen LogP contribution in [0.25, 0.3) is 0 Å². The first-order chi connectivity index (χ1) is 9.78. The number of hydrogen-bond donors (Lipinski definition) is 1. The van der Waals surface area contributed by atoms with Crippen molar-refractivity contribution in [3.05, 3.63) is 11.9 Å². The van der Waals surface area contributed by atoms with Gasteiger partial charge in [0, 0.05) is 32.3 Å². The number of ether oxygens (including phenoxy) is 1. The molecule has 0 fully saturated rings. The Balaban J connectivity index is 3.02. The molecular formula is C15H28N4O. The fraction of sp³-hybridized carbons (Fsp3) is 0.733. The molecular weight excluding hydrogens is 252 g/mol. The Morgan fingerprint density at radius 1 is 1.20 bits per heavy atom. The smallest absolute Gasteiger partial charge is 0.137 e. The lowest BCUT2D eigenvalue weighted by atomic mass is 10.1. The Morgan fingerprint density at radius 3 is 2.60 bits per heavy atom. The number of nitrogens with zero attached hydrogens (tertiary/aromatic N) is 3. The average molecular weight is 280 g/mol. The fourth-order valence-electron chi connectivity index (χ4n) is 2.17. The Kier molecular flexibility index (Phi) is 7.95. The van der Waals surface area contributed by atoms with E-state index < -0.39 is 0 Å². The third kappa shape index (κ3) is 4.63. The quantitative estimate of drug-likeness (QED) is 0.714. The molecule has 0 aliphatic heterocycles. The summed E-state index contributed by atoms with van der Waals surface area (Å²) in [4.78, 5) is 11.2. The molecule has 0 aliphatic carbocycles. The van der Waals surface area contributed by atoms with Gasteiger partial charge in [0.1, 0.15) is 18.0 Å². The minimum absolute atomic E-state index is 0.709. The number of aromatic nitrogens is 2. The minimum Gasteiger partial charge on any atom is -0.383 e. The Labute approximate surface area is 122 Å². The van der Waals surface area contributed by atoms with Gasteiger partial charge in [-0.05, 0) is 19.8 Å². The predicted octanol–water partition coefficient (Wildman–Crippen LogP) is 2.72. The fourth-order valence-corrected chi connectivity index (χ4v) is 2.17. The minimum atomic E-state index is 0.709. The predicted molar refractivity (Wildman–Crippen MR) is 84.6 cm³/mol. The third-order valence-electron chi connectivity index (χ3n) is 3.21. The van der Waals surface area contributed by atoms with Gasteiger partial charge in [-0.1, -0.05) is 20.3 Å². The molecule has 0 spiro atoms. The highest BCUT2D eigenvalue weighted by Crippen LogP contribution is 2.24. The molecule has 1 aromatic heterocycles. The molecule has 0 unspecified atom stereocenters. The first kappa shape index (κ1) is 16.7. The van der Waals surface area contributed by atoms with Crippen LogP contribution in [0.2, 0.25) is 0 Å². The van der Waals surface area contributed by atoms with Gasteiger partial charge >= 0.3 is 0 Å². The largest absolute Gasteiger partial charge is 0.383 e. The van der Waals surface area contributed by atoms with Gasteiger partial charge in [-0.15, -0.1) is 0 Å². The van der Waals surface area contributed by atoms with Crippen LogP contribution in [0.5, 0.6) is 0 Å². The van der Waals surface area contributed by atoms with Gasteiger partial charge < -0.3 is 15.0 Å².